The summed E-state index contributed by atoms with van der Waals surface area (Å²) < 4.78 is 2.09. The van der Waals surface area contributed by atoms with Crippen LogP contribution in [0.3, 0.4) is 0 Å². The molecule has 7 heteroatoms. The predicted octanol–water partition coefficient (Wildman–Crippen LogP) is 6.06. The quantitative estimate of drug-likeness (QED) is 0.295. The molecule has 196 valence electrons. The molecule has 39 heavy (non-hydrogen) atoms. The maximum Gasteiger partial charge on any atom is 0.165 e. The Morgan fingerprint density at radius 3 is 2.33 bits per heavy atom. The van der Waals surface area contributed by atoms with Crippen molar-refractivity contribution in [3.05, 3.63) is 84.6 Å². The maximum absolute atomic E-state index is 6.61. The van der Waals surface area contributed by atoms with Crippen molar-refractivity contribution in [2.45, 2.75) is 44.1 Å². The second kappa shape index (κ2) is 9.50. The topological polar surface area (TPSA) is 98.9 Å². The van der Waals surface area contributed by atoms with Crippen LogP contribution >= 0.6 is 0 Å². The number of rotatable bonds is 5. The van der Waals surface area contributed by atoms with E-state index in [-0.39, 0.29) is 5.54 Å². The number of nitrogens with zero attached hydrogens (tertiary/aromatic N) is 5. The lowest BCUT2D eigenvalue weighted by atomic mass is 9.73. The van der Waals surface area contributed by atoms with Crippen molar-refractivity contribution in [3.8, 4) is 28.3 Å². The number of aromatic nitrogens is 4. The first-order valence-corrected chi connectivity index (χ1v) is 13.9. The number of pyridine rings is 2. The van der Waals surface area contributed by atoms with Gasteiger partial charge >= 0.3 is 0 Å². The number of anilines is 2. The predicted molar refractivity (Wildman–Crippen MR) is 158 cm³/mol. The number of hydrogen-bond acceptors (Lipinski definition) is 6. The zero-order chi connectivity index (χ0) is 26.4. The summed E-state index contributed by atoms with van der Waals surface area (Å²) in [5, 5.41) is 0. The summed E-state index contributed by atoms with van der Waals surface area (Å²) in [4.78, 5) is 17.0. The summed E-state index contributed by atoms with van der Waals surface area (Å²) in [7, 11) is 0. The maximum atomic E-state index is 6.61. The highest BCUT2D eigenvalue weighted by Gasteiger charge is 2.34. The van der Waals surface area contributed by atoms with Gasteiger partial charge in [0.2, 0.25) is 0 Å². The van der Waals surface area contributed by atoms with E-state index in [2.05, 4.69) is 75.1 Å². The highest BCUT2D eigenvalue weighted by molar-refractivity contribution is 5.84. The van der Waals surface area contributed by atoms with Crippen molar-refractivity contribution in [1.29, 1.82) is 0 Å². The summed E-state index contributed by atoms with van der Waals surface area (Å²) in [6.45, 7) is 2.22. The number of fused-ring (bicyclic) bond motifs is 1. The smallest absolute Gasteiger partial charge is 0.165 e. The fourth-order valence-electron chi connectivity index (χ4n) is 5.95. The molecule has 1 aliphatic heterocycles. The highest BCUT2D eigenvalue weighted by Crippen LogP contribution is 2.39. The molecule has 7 nitrogen and oxygen atoms in total. The van der Waals surface area contributed by atoms with Crippen LogP contribution in [0.2, 0.25) is 0 Å². The number of nitrogen functional groups attached to an aromatic ring is 1. The largest absolute Gasteiger partial charge is 0.383 e. The summed E-state index contributed by atoms with van der Waals surface area (Å²) in [6.07, 6.45) is 8.75. The molecular formula is C32H33N7. The molecule has 0 radical (unpaired) electrons. The Balaban J connectivity index is 1.36. The van der Waals surface area contributed by atoms with E-state index in [4.69, 9.17) is 21.4 Å². The molecule has 1 aliphatic carbocycles. The second-order valence-corrected chi connectivity index (χ2v) is 10.9. The molecule has 4 N–H and O–H groups in total. The molecule has 0 atom stereocenters. The Morgan fingerprint density at radius 2 is 1.59 bits per heavy atom. The van der Waals surface area contributed by atoms with Gasteiger partial charge in [-0.1, -0.05) is 24.3 Å². The minimum Gasteiger partial charge on any atom is -0.383 e. The number of benzene rings is 2. The summed E-state index contributed by atoms with van der Waals surface area (Å²) in [5.41, 5.74) is 20.5. The molecule has 0 amide bonds. The van der Waals surface area contributed by atoms with E-state index in [1.54, 1.807) is 6.20 Å². The number of imidazole rings is 1. The van der Waals surface area contributed by atoms with Crippen LogP contribution in [0.5, 0.6) is 0 Å². The average Bonchev–Trinajstić information content (AvgIpc) is 3.35. The first-order valence-electron chi connectivity index (χ1n) is 13.9. The first kappa shape index (κ1) is 23.9. The number of hydrogen-bond donors (Lipinski definition) is 2. The summed E-state index contributed by atoms with van der Waals surface area (Å²) in [6, 6.07) is 25.2. The normalized spacial score (nSPS) is 16.8. The van der Waals surface area contributed by atoms with Gasteiger partial charge in [-0.2, -0.15) is 0 Å². The van der Waals surface area contributed by atoms with Gasteiger partial charge in [0.05, 0.1) is 11.3 Å². The lowest BCUT2D eigenvalue weighted by Gasteiger charge is -2.38. The third kappa shape index (κ3) is 4.23. The van der Waals surface area contributed by atoms with Crippen molar-refractivity contribution in [3.63, 3.8) is 0 Å². The molecule has 3 aromatic heterocycles. The van der Waals surface area contributed by atoms with Crippen molar-refractivity contribution >= 4 is 22.7 Å². The van der Waals surface area contributed by atoms with Crippen LogP contribution in [0.4, 0.5) is 11.5 Å². The van der Waals surface area contributed by atoms with Crippen molar-refractivity contribution in [2.24, 2.45) is 5.73 Å². The van der Waals surface area contributed by atoms with Crippen LogP contribution < -0.4 is 16.4 Å². The van der Waals surface area contributed by atoms with E-state index in [0.29, 0.717) is 5.82 Å². The van der Waals surface area contributed by atoms with Gasteiger partial charge in [-0.25, -0.2) is 15.0 Å². The van der Waals surface area contributed by atoms with Gasteiger partial charge in [-0.05, 0) is 92.6 Å². The lowest BCUT2D eigenvalue weighted by Crippen LogP contribution is -2.43. The Labute approximate surface area is 228 Å². The number of piperidine rings is 1. The Bertz CT molecular complexity index is 1640. The van der Waals surface area contributed by atoms with Crippen LogP contribution in [0.25, 0.3) is 39.5 Å². The fourth-order valence-corrected chi connectivity index (χ4v) is 5.95. The fraction of sp³-hybridized carbons (Fsp3) is 0.281. The molecule has 5 aromatic rings. The zero-order valence-electron chi connectivity index (χ0n) is 22.1. The minimum atomic E-state index is -0.211. The van der Waals surface area contributed by atoms with E-state index >= 15 is 0 Å². The van der Waals surface area contributed by atoms with E-state index in [1.807, 2.05) is 12.1 Å². The van der Waals surface area contributed by atoms with E-state index in [9.17, 15) is 0 Å². The monoisotopic (exact) mass is 515 g/mol. The molecular weight excluding hydrogens is 482 g/mol. The first-order chi connectivity index (χ1) is 19.1. The standard InChI is InChI=1S/C32H33N7/c33-29-26(9-5-18-35-29)30-37-28-15-14-27(22-7-4-8-25(21-22)38-19-2-1-3-20-38)36-31(28)39(30)24-12-10-23(11-13-24)32(34)16-6-17-32/h4-5,7-15,18,21H,1-3,6,16-17,19-20,34H2,(H2,33,35). The van der Waals surface area contributed by atoms with Crippen LogP contribution in [0.15, 0.2) is 79.0 Å². The molecule has 0 bridgehead atoms. The SMILES string of the molecule is Nc1ncccc1-c1nc2ccc(-c3cccc(N4CCCCC4)c3)nc2n1-c1ccc(C2(N)CCC2)cc1. The summed E-state index contributed by atoms with van der Waals surface area (Å²) >= 11 is 0. The summed E-state index contributed by atoms with van der Waals surface area (Å²) in [5.74, 6) is 1.16. The van der Waals surface area contributed by atoms with Crippen LogP contribution in [-0.4, -0.2) is 32.6 Å². The Kier molecular flexibility index (Phi) is 5.81. The van der Waals surface area contributed by atoms with Gasteiger partial charge in [0.1, 0.15) is 11.3 Å². The van der Waals surface area contributed by atoms with Gasteiger partial charge in [-0.3, -0.25) is 4.57 Å². The molecule has 1 saturated heterocycles. The molecule has 2 aliphatic rings. The second-order valence-electron chi connectivity index (χ2n) is 10.9. The third-order valence-electron chi connectivity index (χ3n) is 8.39. The molecule has 0 unspecified atom stereocenters. The molecule has 1 saturated carbocycles. The minimum absolute atomic E-state index is 0.211. The molecule has 4 heterocycles. The molecule has 7 rings (SSSR count). The van der Waals surface area contributed by atoms with E-state index in [1.165, 1.54) is 36.9 Å². The third-order valence-corrected chi connectivity index (χ3v) is 8.39. The van der Waals surface area contributed by atoms with Crippen molar-refractivity contribution < 1.29 is 0 Å². The van der Waals surface area contributed by atoms with Gasteiger partial charge in [0.15, 0.2) is 11.5 Å². The molecule has 2 aromatic carbocycles. The Hall–Kier alpha value is -4.23. The van der Waals surface area contributed by atoms with E-state index < -0.39 is 0 Å². The van der Waals surface area contributed by atoms with Gasteiger partial charge in [-0.15, -0.1) is 0 Å². The molecule has 0 spiro atoms. The molecule has 2 fully saturated rings. The van der Waals surface area contributed by atoms with Crippen molar-refractivity contribution in [2.75, 3.05) is 23.7 Å². The van der Waals surface area contributed by atoms with Crippen LogP contribution in [0, 0.1) is 0 Å². The van der Waals surface area contributed by atoms with E-state index in [0.717, 1.165) is 65.4 Å². The van der Waals surface area contributed by atoms with Crippen molar-refractivity contribution in [1.82, 2.24) is 19.5 Å². The van der Waals surface area contributed by atoms with Crippen LogP contribution in [0.1, 0.15) is 44.1 Å². The lowest BCUT2D eigenvalue weighted by molar-refractivity contribution is 0.253. The highest BCUT2D eigenvalue weighted by atomic mass is 15.1. The Morgan fingerprint density at radius 1 is 0.769 bits per heavy atom. The van der Waals surface area contributed by atoms with Crippen LogP contribution in [-0.2, 0) is 5.54 Å². The van der Waals surface area contributed by atoms with Gasteiger partial charge in [0, 0.05) is 41.8 Å². The number of nitrogens with two attached hydrogens (primary N) is 2. The average molecular weight is 516 g/mol. The van der Waals surface area contributed by atoms with Gasteiger partial charge in [0.25, 0.3) is 0 Å². The zero-order valence-corrected chi connectivity index (χ0v) is 22.1. The van der Waals surface area contributed by atoms with Gasteiger partial charge < -0.3 is 16.4 Å².